The molecule has 0 aliphatic carbocycles. The SMILES string of the molecule is CCNC(=O)c1cc(S(=O)(=O)Nc2c(CC)cccc2CC)ccc1OC. The van der Waals surface area contributed by atoms with Crippen LogP contribution in [0.1, 0.15) is 42.3 Å². The van der Waals surface area contributed by atoms with Crippen LogP contribution in [0, 0.1) is 0 Å². The maximum absolute atomic E-state index is 13.0. The zero-order chi connectivity index (χ0) is 20.0. The highest BCUT2D eigenvalue weighted by molar-refractivity contribution is 7.92. The number of carbonyl (C=O) groups is 1. The lowest BCUT2D eigenvalue weighted by molar-refractivity contribution is 0.0952. The number of benzene rings is 2. The normalized spacial score (nSPS) is 11.1. The molecule has 0 bridgehead atoms. The molecule has 0 saturated carbocycles. The fourth-order valence-electron chi connectivity index (χ4n) is 2.85. The van der Waals surface area contributed by atoms with Crippen molar-refractivity contribution in [3.63, 3.8) is 0 Å². The molecule has 6 nitrogen and oxygen atoms in total. The number of ether oxygens (including phenoxy) is 1. The Morgan fingerprint density at radius 2 is 1.67 bits per heavy atom. The number of nitrogens with one attached hydrogen (secondary N) is 2. The summed E-state index contributed by atoms with van der Waals surface area (Å²) in [4.78, 5) is 12.3. The van der Waals surface area contributed by atoms with Gasteiger partial charge in [-0.1, -0.05) is 32.0 Å². The summed E-state index contributed by atoms with van der Waals surface area (Å²) in [5, 5.41) is 2.67. The first-order valence-corrected chi connectivity index (χ1v) is 10.5. The summed E-state index contributed by atoms with van der Waals surface area (Å²) in [5.74, 6) is -0.0577. The predicted molar refractivity (Wildman–Crippen MR) is 107 cm³/mol. The highest BCUT2D eigenvalue weighted by Crippen LogP contribution is 2.28. The first kappa shape index (κ1) is 20.8. The molecule has 0 aliphatic heterocycles. The van der Waals surface area contributed by atoms with Gasteiger partial charge in [0.1, 0.15) is 5.75 Å². The van der Waals surface area contributed by atoms with Crippen LogP contribution in [-0.4, -0.2) is 28.0 Å². The van der Waals surface area contributed by atoms with Crippen molar-refractivity contribution in [1.82, 2.24) is 5.32 Å². The molecule has 0 heterocycles. The number of para-hydroxylation sites is 1. The molecule has 0 aliphatic rings. The lowest BCUT2D eigenvalue weighted by Gasteiger charge is -2.16. The number of sulfonamides is 1. The van der Waals surface area contributed by atoms with Gasteiger partial charge in [-0.2, -0.15) is 0 Å². The third kappa shape index (κ3) is 4.60. The fraction of sp³-hybridized carbons (Fsp3) is 0.350. The summed E-state index contributed by atoms with van der Waals surface area (Å²) < 4.78 is 33.9. The van der Waals surface area contributed by atoms with Crippen LogP contribution in [0.3, 0.4) is 0 Å². The van der Waals surface area contributed by atoms with Gasteiger partial charge in [-0.25, -0.2) is 8.42 Å². The highest BCUT2D eigenvalue weighted by atomic mass is 32.2. The van der Waals surface area contributed by atoms with Gasteiger partial charge in [0.2, 0.25) is 0 Å². The summed E-state index contributed by atoms with van der Waals surface area (Å²) >= 11 is 0. The first-order chi connectivity index (χ1) is 12.9. The van der Waals surface area contributed by atoms with Gasteiger partial charge < -0.3 is 10.1 Å². The Morgan fingerprint density at radius 3 is 2.19 bits per heavy atom. The molecule has 2 N–H and O–H groups in total. The van der Waals surface area contributed by atoms with E-state index in [0.717, 1.165) is 11.1 Å². The topological polar surface area (TPSA) is 84.5 Å². The maximum Gasteiger partial charge on any atom is 0.261 e. The fourth-order valence-corrected chi connectivity index (χ4v) is 4.02. The second-order valence-corrected chi connectivity index (χ2v) is 7.67. The average Bonchev–Trinajstić information content (AvgIpc) is 2.67. The Kier molecular flexibility index (Phi) is 6.85. The van der Waals surface area contributed by atoms with Crippen LogP contribution in [0.25, 0.3) is 0 Å². The van der Waals surface area contributed by atoms with Gasteiger partial charge in [0.25, 0.3) is 15.9 Å². The Hall–Kier alpha value is -2.54. The minimum absolute atomic E-state index is 0.0116. The maximum atomic E-state index is 13.0. The molecule has 2 rings (SSSR count). The molecule has 146 valence electrons. The van der Waals surface area contributed by atoms with Crippen molar-refractivity contribution in [2.24, 2.45) is 0 Å². The molecule has 0 fully saturated rings. The van der Waals surface area contributed by atoms with E-state index in [2.05, 4.69) is 10.0 Å². The van der Waals surface area contributed by atoms with Crippen LogP contribution in [0.2, 0.25) is 0 Å². The number of hydrogen-bond acceptors (Lipinski definition) is 4. The summed E-state index contributed by atoms with van der Waals surface area (Å²) in [5.41, 5.74) is 2.64. The summed E-state index contributed by atoms with van der Waals surface area (Å²) in [6.45, 7) is 6.18. The van der Waals surface area contributed by atoms with Gasteiger partial charge in [0.05, 0.1) is 23.3 Å². The quantitative estimate of drug-likeness (QED) is 0.724. The number of amides is 1. The average molecular weight is 391 g/mol. The van der Waals surface area contributed by atoms with Crippen LogP contribution in [0.5, 0.6) is 5.75 Å². The Balaban J connectivity index is 2.49. The van der Waals surface area contributed by atoms with E-state index in [4.69, 9.17) is 4.74 Å². The van der Waals surface area contributed by atoms with Crippen molar-refractivity contribution in [3.8, 4) is 5.75 Å². The van der Waals surface area contributed by atoms with Crippen LogP contribution < -0.4 is 14.8 Å². The van der Waals surface area contributed by atoms with E-state index in [1.807, 2.05) is 32.0 Å². The van der Waals surface area contributed by atoms with E-state index < -0.39 is 10.0 Å². The van der Waals surface area contributed by atoms with E-state index in [-0.39, 0.29) is 16.4 Å². The molecular formula is C20H26N2O4S. The van der Waals surface area contributed by atoms with Gasteiger partial charge in [-0.05, 0) is 49.1 Å². The van der Waals surface area contributed by atoms with Gasteiger partial charge in [-0.15, -0.1) is 0 Å². The van der Waals surface area contributed by atoms with Crippen molar-refractivity contribution in [1.29, 1.82) is 0 Å². The molecule has 0 unspecified atom stereocenters. The summed E-state index contributed by atoms with van der Waals surface area (Å²) in [7, 11) is -2.42. The predicted octanol–water partition coefficient (Wildman–Crippen LogP) is 3.37. The van der Waals surface area contributed by atoms with Crippen molar-refractivity contribution < 1.29 is 17.9 Å². The minimum atomic E-state index is -3.86. The molecule has 0 spiro atoms. The highest BCUT2D eigenvalue weighted by Gasteiger charge is 2.21. The largest absolute Gasteiger partial charge is 0.496 e. The second kappa shape index (κ2) is 8.90. The third-order valence-corrected chi connectivity index (χ3v) is 5.65. The molecular weight excluding hydrogens is 364 g/mol. The zero-order valence-electron chi connectivity index (χ0n) is 16.1. The number of methoxy groups -OCH3 is 1. The summed E-state index contributed by atoms with van der Waals surface area (Å²) in [6, 6.07) is 10.0. The molecule has 0 aromatic heterocycles. The van der Waals surface area contributed by atoms with Crippen LogP contribution in [0.15, 0.2) is 41.3 Å². The van der Waals surface area contributed by atoms with Crippen molar-refractivity contribution in [3.05, 3.63) is 53.1 Å². The lowest BCUT2D eigenvalue weighted by atomic mass is 10.0. The van der Waals surface area contributed by atoms with E-state index in [0.29, 0.717) is 30.8 Å². The first-order valence-electron chi connectivity index (χ1n) is 8.97. The monoisotopic (exact) mass is 390 g/mol. The van der Waals surface area contributed by atoms with E-state index in [9.17, 15) is 13.2 Å². The molecule has 2 aromatic rings. The van der Waals surface area contributed by atoms with Crippen molar-refractivity contribution in [2.45, 2.75) is 38.5 Å². The summed E-state index contributed by atoms with van der Waals surface area (Å²) in [6.07, 6.45) is 1.41. The van der Waals surface area contributed by atoms with Gasteiger partial charge in [0.15, 0.2) is 0 Å². The van der Waals surface area contributed by atoms with E-state index in [1.54, 1.807) is 6.92 Å². The Morgan fingerprint density at radius 1 is 1.04 bits per heavy atom. The van der Waals surface area contributed by atoms with Crippen molar-refractivity contribution >= 4 is 21.6 Å². The lowest BCUT2D eigenvalue weighted by Crippen LogP contribution is -2.24. The number of aryl methyl sites for hydroxylation is 2. The molecule has 1 amide bonds. The molecule has 0 saturated heterocycles. The standard InChI is InChI=1S/C20H26N2O4S/c1-5-14-9-8-10-15(6-2)19(14)22-27(24,25)16-11-12-18(26-4)17(13-16)20(23)21-7-3/h8-13,22H,5-7H2,1-4H3,(H,21,23). The van der Waals surface area contributed by atoms with Crippen molar-refractivity contribution in [2.75, 3.05) is 18.4 Å². The molecule has 27 heavy (non-hydrogen) atoms. The Bertz CT molecular complexity index is 901. The molecule has 0 radical (unpaired) electrons. The van der Waals surface area contributed by atoms with E-state index in [1.165, 1.54) is 25.3 Å². The minimum Gasteiger partial charge on any atom is -0.496 e. The Labute approximate surface area is 161 Å². The number of rotatable bonds is 8. The zero-order valence-corrected chi connectivity index (χ0v) is 16.9. The second-order valence-electron chi connectivity index (χ2n) is 5.99. The number of carbonyl (C=O) groups excluding carboxylic acids is 1. The van der Waals surface area contributed by atoms with Crippen LogP contribution in [0.4, 0.5) is 5.69 Å². The molecule has 2 aromatic carbocycles. The van der Waals surface area contributed by atoms with Gasteiger partial charge in [0, 0.05) is 6.54 Å². The number of hydrogen-bond donors (Lipinski definition) is 2. The smallest absolute Gasteiger partial charge is 0.261 e. The molecule has 0 atom stereocenters. The van der Waals surface area contributed by atoms with Crippen LogP contribution in [-0.2, 0) is 22.9 Å². The number of anilines is 1. The van der Waals surface area contributed by atoms with E-state index >= 15 is 0 Å². The molecule has 7 heteroatoms. The third-order valence-electron chi connectivity index (χ3n) is 4.30. The van der Waals surface area contributed by atoms with Crippen LogP contribution >= 0.6 is 0 Å². The van der Waals surface area contributed by atoms with Gasteiger partial charge in [-0.3, -0.25) is 9.52 Å². The van der Waals surface area contributed by atoms with Gasteiger partial charge >= 0.3 is 0 Å².